The Balaban J connectivity index is 1.77. The molecule has 2 aromatic carbocycles. The number of hydrogen-bond donors (Lipinski definition) is 2. The van der Waals surface area contributed by atoms with Gasteiger partial charge in [-0.15, -0.1) is 0 Å². The Morgan fingerprint density at radius 2 is 1.81 bits per heavy atom. The van der Waals surface area contributed by atoms with Crippen LogP contribution < -0.4 is 15.4 Å². The van der Waals surface area contributed by atoms with Gasteiger partial charge in [-0.3, -0.25) is 0 Å². The standard InChI is InChI=1S/C20H21ClN4O/c1-3-26-18-11-7-6-10-17(18)24-19-12-14(2)23-20(25-19)22-13-15-8-4-5-9-16(15)21/h4-12H,3,13H2,1-2H3,(H2,22,23,24,25). The fourth-order valence-electron chi connectivity index (χ4n) is 2.52. The molecule has 0 spiro atoms. The SMILES string of the molecule is CCOc1ccccc1Nc1cc(C)nc(NCc2ccccc2Cl)n1. The molecule has 0 aliphatic carbocycles. The van der Waals surface area contributed by atoms with Crippen LogP contribution in [0.4, 0.5) is 17.5 Å². The lowest BCUT2D eigenvalue weighted by Crippen LogP contribution is -2.07. The Kier molecular flexibility index (Phi) is 5.92. The van der Waals surface area contributed by atoms with Crippen LogP contribution in [-0.4, -0.2) is 16.6 Å². The van der Waals surface area contributed by atoms with Crippen molar-refractivity contribution in [2.45, 2.75) is 20.4 Å². The van der Waals surface area contributed by atoms with Crippen molar-refractivity contribution >= 4 is 29.1 Å². The highest BCUT2D eigenvalue weighted by atomic mass is 35.5. The van der Waals surface area contributed by atoms with Crippen molar-refractivity contribution in [3.8, 4) is 5.75 Å². The third kappa shape index (κ3) is 4.64. The molecule has 0 amide bonds. The average molecular weight is 369 g/mol. The van der Waals surface area contributed by atoms with Crippen molar-refractivity contribution < 1.29 is 4.74 Å². The third-order valence-corrected chi connectivity index (χ3v) is 4.07. The van der Waals surface area contributed by atoms with Gasteiger partial charge in [0.05, 0.1) is 12.3 Å². The maximum Gasteiger partial charge on any atom is 0.225 e. The fraction of sp³-hybridized carbons (Fsp3) is 0.200. The first-order valence-corrected chi connectivity index (χ1v) is 8.85. The van der Waals surface area contributed by atoms with Crippen LogP contribution in [0.5, 0.6) is 5.75 Å². The number of nitrogens with zero attached hydrogens (tertiary/aromatic N) is 2. The van der Waals surface area contributed by atoms with Crippen LogP contribution in [0, 0.1) is 6.92 Å². The molecule has 6 heteroatoms. The second kappa shape index (κ2) is 8.54. The summed E-state index contributed by atoms with van der Waals surface area (Å²) in [4.78, 5) is 8.99. The number of aryl methyl sites for hydroxylation is 1. The third-order valence-electron chi connectivity index (χ3n) is 3.70. The summed E-state index contributed by atoms with van der Waals surface area (Å²) >= 11 is 6.20. The van der Waals surface area contributed by atoms with E-state index in [0.29, 0.717) is 24.9 Å². The monoisotopic (exact) mass is 368 g/mol. The molecule has 1 heterocycles. The minimum absolute atomic E-state index is 0.543. The molecule has 0 fully saturated rings. The van der Waals surface area contributed by atoms with Crippen molar-refractivity contribution in [3.63, 3.8) is 0 Å². The van der Waals surface area contributed by atoms with Crippen LogP contribution in [0.2, 0.25) is 5.02 Å². The Bertz CT molecular complexity index is 885. The molecule has 26 heavy (non-hydrogen) atoms. The van der Waals surface area contributed by atoms with E-state index in [2.05, 4.69) is 20.6 Å². The van der Waals surface area contributed by atoms with Gasteiger partial charge in [0.15, 0.2) is 0 Å². The number of hydrogen-bond acceptors (Lipinski definition) is 5. The van der Waals surface area contributed by atoms with Gasteiger partial charge in [0, 0.05) is 23.3 Å². The van der Waals surface area contributed by atoms with E-state index in [0.717, 1.165) is 27.7 Å². The summed E-state index contributed by atoms with van der Waals surface area (Å²) < 4.78 is 5.65. The lowest BCUT2D eigenvalue weighted by molar-refractivity contribution is 0.342. The van der Waals surface area contributed by atoms with Gasteiger partial charge in [-0.05, 0) is 37.6 Å². The Morgan fingerprint density at radius 1 is 1.04 bits per heavy atom. The molecule has 0 unspecified atom stereocenters. The highest BCUT2D eigenvalue weighted by Gasteiger charge is 2.07. The summed E-state index contributed by atoms with van der Waals surface area (Å²) in [6, 6.07) is 17.4. The summed E-state index contributed by atoms with van der Waals surface area (Å²) in [7, 11) is 0. The van der Waals surface area contributed by atoms with Crippen LogP contribution in [0.25, 0.3) is 0 Å². The van der Waals surface area contributed by atoms with E-state index in [4.69, 9.17) is 16.3 Å². The van der Waals surface area contributed by atoms with Crippen molar-refractivity contribution in [1.29, 1.82) is 0 Å². The van der Waals surface area contributed by atoms with E-state index < -0.39 is 0 Å². The molecule has 134 valence electrons. The lowest BCUT2D eigenvalue weighted by atomic mass is 10.2. The molecule has 5 nitrogen and oxygen atoms in total. The molecule has 2 N–H and O–H groups in total. The molecule has 3 aromatic rings. The molecule has 0 aliphatic rings. The van der Waals surface area contributed by atoms with Gasteiger partial charge in [0.2, 0.25) is 5.95 Å². The summed E-state index contributed by atoms with van der Waals surface area (Å²) in [5.41, 5.74) is 2.72. The average Bonchev–Trinajstić information content (AvgIpc) is 2.62. The first-order valence-electron chi connectivity index (χ1n) is 8.47. The van der Waals surface area contributed by atoms with E-state index in [1.54, 1.807) is 0 Å². The molecular formula is C20H21ClN4O. The minimum atomic E-state index is 0.543. The summed E-state index contributed by atoms with van der Waals surface area (Å²) in [6.07, 6.45) is 0. The van der Waals surface area contributed by atoms with Crippen LogP contribution >= 0.6 is 11.6 Å². The van der Waals surface area contributed by atoms with Crippen molar-refractivity contribution in [1.82, 2.24) is 9.97 Å². The molecule has 1 aromatic heterocycles. The predicted molar refractivity (Wildman–Crippen MR) is 106 cm³/mol. The van der Waals surface area contributed by atoms with Gasteiger partial charge in [-0.2, -0.15) is 4.98 Å². The number of halogens is 1. The van der Waals surface area contributed by atoms with Crippen LogP contribution in [-0.2, 0) is 6.54 Å². The number of nitrogens with one attached hydrogen (secondary N) is 2. The summed E-state index contributed by atoms with van der Waals surface area (Å²) in [6.45, 7) is 5.05. The maximum atomic E-state index is 6.20. The van der Waals surface area contributed by atoms with Crippen LogP contribution in [0.1, 0.15) is 18.2 Å². The normalized spacial score (nSPS) is 10.4. The molecule has 0 radical (unpaired) electrons. The molecule has 0 aliphatic heterocycles. The number of ether oxygens (including phenoxy) is 1. The summed E-state index contributed by atoms with van der Waals surface area (Å²) in [5.74, 6) is 2.03. The zero-order chi connectivity index (χ0) is 18.4. The first-order chi connectivity index (χ1) is 12.7. The second-order valence-corrected chi connectivity index (χ2v) is 6.12. The number of rotatable bonds is 7. The van der Waals surface area contributed by atoms with E-state index in [-0.39, 0.29) is 0 Å². The van der Waals surface area contributed by atoms with Crippen molar-refractivity contribution in [3.05, 3.63) is 70.9 Å². The van der Waals surface area contributed by atoms with E-state index in [1.165, 1.54) is 0 Å². The molecule has 0 saturated carbocycles. The molecular weight excluding hydrogens is 348 g/mol. The molecule has 0 bridgehead atoms. The van der Waals surface area contributed by atoms with E-state index in [1.807, 2.05) is 68.4 Å². The maximum absolute atomic E-state index is 6.20. The Morgan fingerprint density at radius 3 is 2.62 bits per heavy atom. The number of benzene rings is 2. The Labute approximate surface area is 158 Å². The minimum Gasteiger partial charge on any atom is -0.492 e. The predicted octanol–water partition coefficient (Wildman–Crippen LogP) is 5.19. The topological polar surface area (TPSA) is 59.1 Å². The summed E-state index contributed by atoms with van der Waals surface area (Å²) in [5, 5.41) is 7.26. The van der Waals surface area contributed by atoms with Crippen LogP contribution in [0.15, 0.2) is 54.6 Å². The number of aromatic nitrogens is 2. The van der Waals surface area contributed by atoms with Crippen LogP contribution in [0.3, 0.4) is 0 Å². The quantitative estimate of drug-likeness (QED) is 0.600. The van der Waals surface area contributed by atoms with E-state index >= 15 is 0 Å². The van der Waals surface area contributed by atoms with Crippen molar-refractivity contribution in [2.75, 3.05) is 17.2 Å². The Hall–Kier alpha value is -2.79. The first kappa shape index (κ1) is 18.0. The zero-order valence-electron chi connectivity index (χ0n) is 14.8. The van der Waals surface area contributed by atoms with Gasteiger partial charge in [-0.25, -0.2) is 4.98 Å². The van der Waals surface area contributed by atoms with E-state index in [9.17, 15) is 0 Å². The van der Waals surface area contributed by atoms with Gasteiger partial charge in [0.25, 0.3) is 0 Å². The molecule has 0 saturated heterocycles. The second-order valence-electron chi connectivity index (χ2n) is 5.72. The van der Waals surface area contributed by atoms with Crippen molar-refractivity contribution in [2.24, 2.45) is 0 Å². The number of anilines is 3. The highest BCUT2D eigenvalue weighted by Crippen LogP contribution is 2.27. The lowest BCUT2D eigenvalue weighted by Gasteiger charge is -2.13. The molecule has 0 atom stereocenters. The molecule has 3 rings (SSSR count). The highest BCUT2D eigenvalue weighted by molar-refractivity contribution is 6.31. The van der Waals surface area contributed by atoms with Gasteiger partial charge in [0.1, 0.15) is 11.6 Å². The van der Waals surface area contributed by atoms with Gasteiger partial charge in [-0.1, -0.05) is 41.9 Å². The number of para-hydroxylation sites is 2. The smallest absolute Gasteiger partial charge is 0.225 e. The largest absolute Gasteiger partial charge is 0.492 e. The fourth-order valence-corrected chi connectivity index (χ4v) is 2.72. The zero-order valence-corrected chi connectivity index (χ0v) is 15.5. The van der Waals surface area contributed by atoms with Gasteiger partial charge < -0.3 is 15.4 Å². The van der Waals surface area contributed by atoms with Gasteiger partial charge >= 0.3 is 0 Å².